The standard InChI is InChI=1S/C31H42O/c1-23-11-9-17-27(19-23)30(25-13-5-3-6-14-25)21-29(32)22-31(26-15-7-4-8-16-26)28-18-10-12-24(2)20-28/h9-12,17-20,25-26,30-31H,3-8,13-16,21-22H2,1-2H3. The first-order valence-electron chi connectivity index (χ1n) is 13.2. The summed E-state index contributed by atoms with van der Waals surface area (Å²) >= 11 is 0. The van der Waals surface area contributed by atoms with E-state index >= 15 is 0 Å². The third kappa shape index (κ3) is 6.12. The number of carbonyl (C=O) groups excluding carboxylic acids is 1. The predicted octanol–water partition coefficient (Wildman–Crippen LogP) is 8.68. The largest absolute Gasteiger partial charge is 0.300 e. The Morgan fingerprint density at radius 1 is 0.688 bits per heavy atom. The van der Waals surface area contributed by atoms with Crippen molar-refractivity contribution in [2.24, 2.45) is 11.8 Å². The van der Waals surface area contributed by atoms with Gasteiger partial charge in [-0.1, -0.05) is 98.2 Å². The van der Waals surface area contributed by atoms with E-state index in [1.165, 1.54) is 86.5 Å². The number of hydrogen-bond acceptors (Lipinski definition) is 1. The molecular formula is C31H42O. The van der Waals surface area contributed by atoms with Crippen molar-refractivity contribution in [1.29, 1.82) is 0 Å². The Bertz CT molecular complexity index is 798. The average molecular weight is 431 g/mol. The third-order valence-corrected chi connectivity index (χ3v) is 8.27. The van der Waals surface area contributed by atoms with E-state index < -0.39 is 0 Å². The summed E-state index contributed by atoms with van der Waals surface area (Å²) in [4.78, 5) is 13.7. The van der Waals surface area contributed by atoms with Gasteiger partial charge < -0.3 is 0 Å². The molecule has 2 atom stereocenters. The van der Waals surface area contributed by atoms with E-state index in [9.17, 15) is 4.79 Å². The molecule has 0 bridgehead atoms. The van der Waals surface area contributed by atoms with Crippen molar-refractivity contribution in [2.45, 2.75) is 103 Å². The van der Waals surface area contributed by atoms with Gasteiger partial charge in [-0.25, -0.2) is 0 Å². The summed E-state index contributed by atoms with van der Waals surface area (Å²) in [6.45, 7) is 4.36. The molecule has 2 unspecified atom stereocenters. The molecule has 1 nitrogen and oxygen atoms in total. The van der Waals surface area contributed by atoms with Crippen molar-refractivity contribution in [3.8, 4) is 0 Å². The van der Waals surface area contributed by atoms with Crippen molar-refractivity contribution in [2.75, 3.05) is 0 Å². The Morgan fingerprint density at radius 2 is 1.09 bits per heavy atom. The van der Waals surface area contributed by atoms with Gasteiger partial charge in [-0.15, -0.1) is 0 Å². The van der Waals surface area contributed by atoms with Gasteiger partial charge in [-0.05, 0) is 74.3 Å². The summed E-state index contributed by atoms with van der Waals surface area (Å²) in [5.41, 5.74) is 5.43. The highest BCUT2D eigenvalue weighted by atomic mass is 16.1. The normalized spacial score (nSPS) is 20.1. The van der Waals surface area contributed by atoms with Gasteiger partial charge in [0.1, 0.15) is 5.78 Å². The van der Waals surface area contributed by atoms with Crippen LogP contribution in [0, 0.1) is 25.7 Å². The number of carbonyl (C=O) groups is 1. The van der Waals surface area contributed by atoms with E-state index in [2.05, 4.69) is 62.4 Å². The number of rotatable bonds is 8. The van der Waals surface area contributed by atoms with Crippen molar-refractivity contribution < 1.29 is 4.79 Å². The van der Waals surface area contributed by atoms with Crippen molar-refractivity contribution >= 4 is 5.78 Å². The molecule has 2 fully saturated rings. The summed E-state index contributed by atoms with van der Waals surface area (Å²) in [6, 6.07) is 18.0. The topological polar surface area (TPSA) is 17.1 Å². The van der Waals surface area contributed by atoms with Gasteiger partial charge in [0, 0.05) is 12.8 Å². The fraction of sp³-hybridized carbons (Fsp3) is 0.581. The molecule has 2 aliphatic carbocycles. The number of Topliss-reactive ketones (excluding diaryl/α,β-unsaturated/α-hetero) is 1. The van der Waals surface area contributed by atoms with Crippen LogP contribution in [0.4, 0.5) is 0 Å². The predicted molar refractivity (Wildman–Crippen MR) is 135 cm³/mol. The van der Waals surface area contributed by atoms with Gasteiger partial charge in [0.15, 0.2) is 0 Å². The Kier molecular flexibility index (Phi) is 8.22. The first-order valence-corrected chi connectivity index (χ1v) is 13.2. The van der Waals surface area contributed by atoms with Crippen LogP contribution in [0.15, 0.2) is 48.5 Å². The molecule has 4 rings (SSSR count). The van der Waals surface area contributed by atoms with Gasteiger partial charge in [0.05, 0.1) is 0 Å². The molecule has 2 aliphatic rings. The smallest absolute Gasteiger partial charge is 0.134 e. The van der Waals surface area contributed by atoms with Crippen LogP contribution >= 0.6 is 0 Å². The van der Waals surface area contributed by atoms with E-state index in [4.69, 9.17) is 0 Å². The zero-order valence-electron chi connectivity index (χ0n) is 20.3. The molecule has 2 aromatic rings. The summed E-state index contributed by atoms with van der Waals surface area (Å²) in [6.07, 6.45) is 14.6. The number of ketones is 1. The van der Waals surface area contributed by atoms with E-state index in [1.807, 2.05) is 0 Å². The zero-order chi connectivity index (χ0) is 22.3. The molecule has 0 N–H and O–H groups in total. The highest BCUT2D eigenvalue weighted by Crippen LogP contribution is 2.42. The number of aryl methyl sites for hydroxylation is 2. The Labute approximate surface area is 196 Å². The lowest BCUT2D eigenvalue weighted by Gasteiger charge is -2.33. The maximum atomic E-state index is 13.7. The Hall–Kier alpha value is -1.89. The van der Waals surface area contributed by atoms with Crippen molar-refractivity contribution in [3.63, 3.8) is 0 Å². The molecule has 0 spiro atoms. The van der Waals surface area contributed by atoms with Crippen LogP contribution in [0.5, 0.6) is 0 Å². The van der Waals surface area contributed by atoms with Gasteiger partial charge >= 0.3 is 0 Å². The summed E-state index contributed by atoms with van der Waals surface area (Å²) in [5.74, 6) is 2.61. The second-order valence-electron chi connectivity index (χ2n) is 10.8. The summed E-state index contributed by atoms with van der Waals surface area (Å²) in [7, 11) is 0. The molecule has 2 aromatic carbocycles. The van der Waals surface area contributed by atoms with Crippen LogP contribution in [0.25, 0.3) is 0 Å². The Morgan fingerprint density at radius 3 is 1.47 bits per heavy atom. The van der Waals surface area contributed by atoms with Crippen LogP contribution in [-0.4, -0.2) is 5.78 Å². The Balaban J connectivity index is 1.54. The van der Waals surface area contributed by atoms with Gasteiger partial charge in [-0.3, -0.25) is 4.79 Å². The zero-order valence-corrected chi connectivity index (χ0v) is 20.3. The van der Waals surface area contributed by atoms with E-state index in [1.54, 1.807) is 0 Å². The first-order chi connectivity index (χ1) is 15.6. The van der Waals surface area contributed by atoms with Crippen LogP contribution in [-0.2, 0) is 4.79 Å². The molecule has 0 radical (unpaired) electrons. The molecule has 0 amide bonds. The second-order valence-corrected chi connectivity index (χ2v) is 10.8. The summed E-state index contributed by atoms with van der Waals surface area (Å²) < 4.78 is 0. The molecule has 1 heteroatoms. The van der Waals surface area contributed by atoms with E-state index in [0.717, 1.165) is 12.8 Å². The highest BCUT2D eigenvalue weighted by molar-refractivity contribution is 5.80. The SMILES string of the molecule is Cc1cccc(C(CC(=O)CC(c2cccc(C)c2)C2CCCCC2)C2CCCCC2)c1. The van der Waals surface area contributed by atoms with Gasteiger partial charge in [-0.2, -0.15) is 0 Å². The molecule has 0 saturated heterocycles. The average Bonchev–Trinajstić information content (AvgIpc) is 2.82. The molecule has 2 saturated carbocycles. The quantitative estimate of drug-likeness (QED) is 0.409. The molecule has 0 aliphatic heterocycles. The minimum Gasteiger partial charge on any atom is -0.300 e. The monoisotopic (exact) mass is 430 g/mol. The van der Waals surface area contributed by atoms with Gasteiger partial charge in [0.25, 0.3) is 0 Å². The number of benzene rings is 2. The van der Waals surface area contributed by atoms with E-state index in [-0.39, 0.29) is 0 Å². The summed E-state index contributed by atoms with van der Waals surface area (Å²) in [5, 5.41) is 0. The number of hydrogen-bond donors (Lipinski definition) is 0. The fourth-order valence-corrected chi connectivity index (χ4v) is 6.56. The molecule has 32 heavy (non-hydrogen) atoms. The van der Waals surface area contributed by atoms with Crippen LogP contribution < -0.4 is 0 Å². The lowest BCUT2D eigenvalue weighted by molar-refractivity contribution is -0.120. The van der Waals surface area contributed by atoms with E-state index in [0.29, 0.717) is 29.5 Å². The lowest BCUT2D eigenvalue weighted by atomic mass is 9.71. The van der Waals surface area contributed by atoms with Gasteiger partial charge in [0.2, 0.25) is 0 Å². The molecule has 0 heterocycles. The van der Waals surface area contributed by atoms with Crippen molar-refractivity contribution in [1.82, 2.24) is 0 Å². The maximum absolute atomic E-state index is 13.7. The van der Waals surface area contributed by atoms with Crippen LogP contribution in [0.2, 0.25) is 0 Å². The van der Waals surface area contributed by atoms with Crippen molar-refractivity contribution in [3.05, 3.63) is 70.8 Å². The lowest BCUT2D eigenvalue weighted by Crippen LogP contribution is -2.23. The molecule has 0 aromatic heterocycles. The highest BCUT2D eigenvalue weighted by Gasteiger charge is 2.31. The molecule has 172 valence electrons. The first kappa shape index (κ1) is 23.3. The minimum atomic E-state index is 0.396. The third-order valence-electron chi connectivity index (χ3n) is 8.27. The second kappa shape index (κ2) is 11.3. The fourth-order valence-electron chi connectivity index (χ4n) is 6.56. The minimum absolute atomic E-state index is 0.396. The van der Waals surface area contributed by atoms with Crippen LogP contribution in [0.3, 0.4) is 0 Å². The molecular weight excluding hydrogens is 388 g/mol. The van der Waals surface area contributed by atoms with Crippen LogP contribution in [0.1, 0.15) is 111 Å². The maximum Gasteiger partial charge on any atom is 0.134 e.